The number of nitrogens with one attached hydrogen (secondary N) is 1. The standard InChI is InChI=1S/C8H10F3N3O3S/c9-8(10,11)7(17)12-14-2-1-13(3-4(15)16)5-6(14)18-5/h5-6H,1-3H2,(H,12,17)(H,15,16). The second-order valence-corrected chi connectivity index (χ2v) is 5.15. The summed E-state index contributed by atoms with van der Waals surface area (Å²) < 4.78 is 36.2. The molecule has 2 aliphatic heterocycles. The Kier molecular flexibility index (Phi) is 3.43. The Bertz CT molecular complexity index is 378. The molecule has 6 nitrogen and oxygen atoms in total. The van der Waals surface area contributed by atoms with E-state index in [4.69, 9.17) is 5.11 Å². The number of aliphatic carboxylic acids is 1. The van der Waals surface area contributed by atoms with Gasteiger partial charge < -0.3 is 5.11 Å². The van der Waals surface area contributed by atoms with E-state index in [9.17, 15) is 22.8 Å². The van der Waals surface area contributed by atoms with Gasteiger partial charge in [-0.05, 0) is 0 Å². The number of carboxylic acid groups (broad SMARTS) is 1. The number of nitrogens with zero attached hydrogens (tertiary/aromatic N) is 2. The normalized spacial score (nSPS) is 28.6. The zero-order valence-corrected chi connectivity index (χ0v) is 9.79. The second-order valence-electron chi connectivity index (χ2n) is 3.91. The summed E-state index contributed by atoms with van der Waals surface area (Å²) in [6.45, 7) is 0.330. The van der Waals surface area contributed by atoms with E-state index in [1.807, 2.05) is 0 Å². The summed E-state index contributed by atoms with van der Waals surface area (Å²) in [5.74, 6) is -2.98. The molecule has 1 amide bonds. The Labute approximate surface area is 104 Å². The molecule has 10 heteroatoms. The van der Waals surface area contributed by atoms with Crippen molar-refractivity contribution in [2.24, 2.45) is 0 Å². The summed E-state index contributed by atoms with van der Waals surface area (Å²) in [7, 11) is 0. The predicted octanol–water partition coefficient (Wildman–Crippen LogP) is -0.319. The first-order valence-electron chi connectivity index (χ1n) is 5.05. The average molecular weight is 285 g/mol. The van der Waals surface area contributed by atoms with Crippen LogP contribution in [0.1, 0.15) is 0 Å². The quantitative estimate of drug-likeness (QED) is 0.693. The van der Waals surface area contributed by atoms with Crippen molar-refractivity contribution in [3.8, 4) is 0 Å². The van der Waals surface area contributed by atoms with Crippen LogP contribution in [0.15, 0.2) is 0 Å². The Hall–Kier alpha value is -1.00. The van der Waals surface area contributed by atoms with Crippen molar-refractivity contribution in [1.29, 1.82) is 0 Å². The lowest BCUT2D eigenvalue weighted by molar-refractivity contribution is -0.179. The summed E-state index contributed by atoms with van der Waals surface area (Å²) in [6, 6.07) is 0. The largest absolute Gasteiger partial charge is 0.480 e. The minimum Gasteiger partial charge on any atom is -0.480 e. The molecule has 2 N–H and O–H groups in total. The van der Waals surface area contributed by atoms with Crippen molar-refractivity contribution in [2.75, 3.05) is 19.6 Å². The molecule has 0 aliphatic carbocycles. The summed E-state index contributed by atoms with van der Waals surface area (Å²) in [5.41, 5.74) is 1.80. The topological polar surface area (TPSA) is 72.9 Å². The van der Waals surface area contributed by atoms with Crippen LogP contribution in [-0.4, -0.2) is 63.5 Å². The smallest absolute Gasteiger partial charge is 0.472 e. The van der Waals surface area contributed by atoms with Crippen LogP contribution in [0.5, 0.6) is 0 Å². The number of carbonyl (C=O) groups excluding carboxylic acids is 1. The molecule has 2 heterocycles. The highest BCUT2D eigenvalue weighted by Crippen LogP contribution is 2.47. The van der Waals surface area contributed by atoms with Crippen LogP contribution in [0.25, 0.3) is 0 Å². The second kappa shape index (κ2) is 4.59. The number of hydrogen-bond acceptors (Lipinski definition) is 5. The Balaban J connectivity index is 1.86. The average Bonchev–Trinajstić information content (AvgIpc) is 2.99. The molecule has 2 aliphatic rings. The molecule has 2 saturated heterocycles. The van der Waals surface area contributed by atoms with Gasteiger partial charge in [-0.25, -0.2) is 5.01 Å². The number of carbonyl (C=O) groups is 2. The number of rotatable bonds is 3. The first kappa shape index (κ1) is 13.4. The molecule has 2 atom stereocenters. The maximum absolute atomic E-state index is 12.1. The fourth-order valence-corrected chi connectivity index (χ4v) is 2.91. The van der Waals surface area contributed by atoms with Crippen molar-refractivity contribution in [3.63, 3.8) is 0 Å². The molecular weight excluding hydrogens is 275 g/mol. The minimum absolute atomic E-state index is 0.144. The third-order valence-corrected chi connectivity index (χ3v) is 3.89. The summed E-state index contributed by atoms with van der Waals surface area (Å²) in [6.07, 6.45) is -4.91. The van der Waals surface area contributed by atoms with Crippen molar-refractivity contribution >= 4 is 23.6 Å². The number of amides is 1. The lowest BCUT2D eigenvalue weighted by Gasteiger charge is -2.31. The van der Waals surface area contributed by atoms with E-state index in [2.05, 4.69) is 0 Å². The number of halogens is 3. The van der Waals surface area contributed by atoms with Gasteiger partial charge in [-0.2, -0.15) is 13.2 Å². The van der Waals surface area contributed by atoms with E-state index in [1.54, 1.807) is 10.3 Å². The Morgan fingerprint density at radius 3 is 2.56 bits per heavy atom. The minimum atomic E-state index is -4.91. The van der Waals surface area contributed by atoms with E-state index in [-0.39, 0.29) is 23.8 Å². The molecule has 0 aromatic heterocycles. The molecule has 0 aromatic carbocycles. The van der Waals surface area contributed by atoms with Gasteiger partial charge in [-0.15, -0.1) is 11.8 Å². The first-order chi connectivity index (χ1) is 8.29. The van der Waals surface area contributed by atoms with Gasteiger partial charge in [0, 0.05) is 13.1 Å². The molecule has 0 spiro atoms. The number of thioether (sulfide) groups is 1. The van der Waals surface area contributed by atoms with E-state index in [0.717, 1.165) is 0 Å². The third kappa shape index (κ3) is 2.87. The fourth-order valence-electron chi connectivity index (χ4n) is 1.74. The van der Waals surface area contributed by atoms with E-state index in [0.29, 0.717) is 6.54 Å². The predicted molar refractivity (Wildman–Crippen MR) is 55.3 cm³/mol. The van der Waals surface area contributed by atoms with Gasteiger partial charge in [0.2, 0.25) is 0 Å². The third-order valence-electron chi connectivity index (χ3n) is 2.58. The highest BCUT2D eigenvalue weighted by atomic mass is 32.2. The summed E-state index contributed by atoms with van der Waals surface area (Å²) >= 11 is 1.32. The molecule has 0 radical (unpaired) electrons. The molecule has 0 aromatic rings. The molecule has 2 unspecified atom stereocenters. The first-order valence-corrected chi connectivity index (χ1v) is 5.99. The zero-order chi connectivity index (χ0) is 13.5. The van der Waals surface area contributed by atoms with Crippen LogP contribution in [0.2, 0.25) is 0 Å². The number of hydrazine groups is 1. The van der Waals surface area contributed by atoms with Crippen molar-refractivity contribution in [1.82, 2.24) is 15.3 Å². The van der Waals surface area contributed by atoms with Crippen LogP contribution in [0.3, 0.4) is 0 Å². The van der Waals surface area contributed by atoms with Crippen LogP contribution in [0.4, 0.5) is 13.2 Å². The number of hydrogen-bond donors (Lipinski definition) is 2. The van der Waals surface area contributed by atoms with Gasteiger partial charge in [0.1, 0.15) is 5.37 Å². The number of alkyl halides is 3. The van der Waals surface area contributed by atoms with Gasteiger partial charge in [-0.3, -0.25) is 19.9 Å². The zero-order valence-electron chi connectivity index (χ0n) is 8.98. The number of piperazine rings is 1. The Morgan fingerprint density at radius 1 is 1.33 bits per heavy atom. The lowest BCUT2D eigenvalue weighted by Crippen LogP contribution is -2.56. The maximum Gasteiger partial charge on any atom is 0.472 e. The van der Waals surface area contributed by atoms with E-state index >= 15 is 0 Å². The molecule has 2 fully saturated rings. The lowest BCUT2D eigenvalue weighted by atomic mass is 10.3. The highest BCUT2D eigenvalue weighted by molar-refractivity contribution is 8.07. The van der Waals surface area contributed by atoms with Crippen LogP contribution in [0, 0.1) is 0 Å². The molecule has 0 saturated carbocycles. The SMILES string of the molecule is O=C(O)CN1CCN(NC(=O)C(F)(F)F)C2SC21. The molecular formula is C8H10F3N3O3S. The Morgan fingerprint density at radius 2 is 2.00 bits per heavy atom. The summed E-state index contributed by atoms with van der Waals surface area (Å²) in [5, 5.41) is 9.38. The van der Waals surface area contributed by atoms with Gasteiger partial charge in [0.25, 0.3) is 0 Å². The van der Waals surface area contributed by atoms with Gasteiger partial charge in [0.05, 0.1) is 11.9 Å². The van der Waals surface area contributed by atoms with Gasteiger partial charge >= 0.3 is 18.1 Å². The molecule has 102 valence electrons. The van der Waals surface area contributed by atoms with Crippen LogP contribution in [-0.2, 0) is 9.59 Å². The van der Waals surface area contributed by atoms with Crippen molar-refractivity contribution in [2.45, 2.75) is 16.9 Å². The molecule has 2 rings (SSSR count). The monoisotopic (exact) mass is 285 g/mol. The maximum atomic E-state index is 12.1. The van der Waals surface area contributed by atoms with Crippen LogP contribution >= 0.6 is 11.8 Å². The van der Waals surface area contributed by atoms with E-state index in [1.165, 1.54) is 16.8 Å². The van der Waals surface area contributed by atoms with Gasteiger partial charge in [0.15, 0.2) is 0 Å². The number of carboxylic acids is 1. The van der Waals surface area contributed by atoms with Crippen LogP contribution < -0.4 is 5.43 Å². The molecule has 18 heavy (non-hydrogen) atoms. The van der Waals surface area contributed by atoms with Crippen molar-refractivity contribution in [3.05, 3.63) is 0 Å². The molecule has 0 bridgehead atoms. The van der Waals surface area contributed by atoms with E-state index < -0.39 is 18.1 Å². The highest BCUT2D eigenvalue weighted by Gasteiger charge is 2.52. The number of fused-ring (bicyclic) bond motifs is 1. The summed E-state index contributed by atoms with van der Waals surface area (Å²) in [4.78, 5) is 23.0. The van der Waals surface area contributed by atoms with Gasteiger partial charge in [-0.1, -0.05) is 0 Å². The fraction of sp³-hybridized carbons (Fsp3) is 0.750. The van der Waals surface area contributed by atoms with Crippen molar-refractivity contribution < 1.29 is 27.9 Å².